The Hall–Kier alpha value is -3.32. The van der Waals surface area contributed by atoms with E-state index in [0.29, 0.717) is 21.6 Å². The highest BCUT2D eigenvalue weighted by Crippen LogP contribution is 2.32. The lowest BCUT2D eigenvalue weighted by Crippen LogP contribution is -2.26. The Morgan fingerprint density at radius 1 is 1.08 bits per heavy atom. The van der Waals surface area contributed by atoms with Crippen LogP contribution < -0.4 is 5.56 Å². The number of pyridine rings is 1. The van der Waals surface area contributed by atoms with Crippen LogP contribution in [0.3, 0.4) is 0 Å². The highest BCUT2D eigenvalue weighted by molar-refractivity contribution is 7.21. The van der Waals surface area contributed by atoms with Gasteiger partial charge in [-0.25, -0.2) is 4.98 Å². The number of aliphatic carboxylic acids is 1. The van der Waals surface area contributed by atoms with Crippen molar-refractivity contribution < 1.29 is 9.90 Å². The predicted molar refractivity (Wildman–Crippen MR) is 100 cm³/mol. The first-order chi connectivity index (χ1) is 12.6. The van der Waals surface area contributed by atoms with E-state index in [0.717, 1.165) is 10.4 Å². The number of hydrogen-bond acceptors (Lipinski definition) is 5. The lowest BCUT2D eigenvalue weighted by Gasteiger charge is -2.10. The van der Waals surface area contributed by atoms with Crippen LogP contribution in [-0.2, 0) is 11.3 Å². The summed E-state index contributed by atoms with van der Waals surface area (Å²) in [4.78, 5) is 34.3. The van der Waals surface area contributed by atoms with E-state index in [1.165, 1.54) is 15.9 Å². The van der Waals surface area contributed by atoms with Gasteiger partial charge in [0.15, 0.2) is 0 Å². The minimum Gasteiger partial charge on any atom is -0.480 e. The molecule has 0 amide bonds. The number of aromatic nitrogens is 3. The molecular formula is C19H13N3O3S. The van der Waals surface area contributed by atoms with Crippen molar-refractivity contribution in [1.29, 1.82) is 0 Å². The third-order valence-electron chi connectivity index (χ3n) is 3.94. The molecule has 7 heteroatoms. The molecule has 6 nitrogen and oxygen atoms in total. The summed E-state index contributed by atoms with van der Waals surface area (Å²) in [5.74, 6) is -0.768. The van der Waals surface area contributed by atoms with Crippen molar-refractivity contribution in [1.82, 2.24) is 14.5 Å². The van der Waals surface area contributed by atoms with Crippen molar-refractivity contribution >= 4 is 27.5 Å². The molecule has 4 rings (SSSR count). The molecule has 0 aliphatic heterocycles. The molecule has 0 aliphatic carbocycles. The highest BCUT2D eigenvalue weighted by atomic mass is 32.1. The van der Waals surface area contributed by atoms with Gasteiger partial charge in [0.05, 0.1) is 5.39 Å². The van der Waals surface area contributed by atoms with Crippen LogP contribution in [0.5, 0.6) is 0 Å². The molecule has 0 unspecified atom stereocenters. The number of rotatable bonds is 4. The Labute approximate surface area is 152 Å². The van der Waals surface area contributed by atoms with Crippen LogP contribution in [0.2, 0.25) is 0 Å². The lowest BCUT2D eigenvalue weighted by atomic mass is 10.2. The fourth-order valence-corrected chi connectivity index (χ4v) is 3.79. The molecule has 0 radical (unpaired) electrons. The Morgan fingerprint density at radius 2 is 1.81 bits per heavy atom. The minimum atomic E-state index is -1.10. The number of fused-ring (bicyclic) bond motifs is 1. The molecule has 128 valence electrons. The number of nitrogens with zero attached hydrogens (tertiary/aromatic N) is 3. The molecular weight excluding hydrogens is 350 g/mol. The summed E-state index contributed by atoms with van der Waals surface area (Å²) < 4.78 is 1.20. The molecule has 0 fully saturated rings. The van der Waals surface area contributed by atoms with Gasteiger partial charge in [0, 0.05) is 22.8 Å². The van der Waals surface area contributed by atoms with Crippen LogP contribution in [0, 0.1) is 0 Å². The quantitative estimate of drug-likeness (QED) is 0.601. The number of carboxylic acids is 1. The summed E-state index contributed by atoms with van der Waals surface area (Å²) in [6.07, 6.45) is 3.17. The monoisotopic (exact) mass is 363 g/mol. The van der Waals surface area contributed by atoms with Crippen molar-refractivity contribution in [2.45, 2.75) is 6.54 Å². The maximum Gasteiger partial charge on any atom is 0.323 e. The van der Waals surface area contributed by atoms with E-state index in [-0.39, 0.29) is 5.56 Å². The molecule has 3 heterocycles. The molecule has 0 saturated carbocycles. The Kier molecular flexibility index (Phi) is 4.06. The maximum absolute atomic E-state index is 13.0. The molecule has 0 saturated heterocycles. The topological polar surface area (TPSA) is 85.1 Å². The summed E-state index contributed by atoms with van der Waals surface area (Å²) in [5.41, 5.74) is 1.28. The predicted octanol–water partition coefficient (Wildman–Crippen LogP) is 3.27. The van der Waals surface area contributed by atoms with Crippen LogP contribution in [0.4, 0.5) is 0 Å². The molecule has 0 spiro atoms. The van der Waals surface area contributed by atoms with Crippen LogP contribution in [0.25, 0.3) is 32.0 Å². The summed E-state index contributed by atoms with van der Waals surface area (Å²) >= 11 is 1.41. The molecule has 0 bridgehead atoms. The zero-order chi connectivity index (χ0) is 18.1. The zero-order valence-corrected chi connectivity index (χ0v) is 14.3. The van der Waals surface area contributed by atoms with Gasteiger partial charge in [0.2, 0.25) is 0 Å². The van der Waals surface area contributed by atoms with Crippen LogP contribution in [-0.4, -0.2) is 25.6 Å². The Balaban J connectivity index is 1.98. The van der Waals surface area contributed by atoms with Crippen molar-refractivity contribution in [3.63, 3.8) is 0 Å². The highest BCUT2D eigenvalue weighted by Gasteiger charge is 2.17. The van der Waals surface area contributed by atoms with Gasteiger partial charge < -0.3 is 5.11 Å². The normalized spacial score (nSPS) is 10.9. The molecule has 1 aromatic carbocycles. The van der Waals surface area contributed by atoms with E-state index < -0.39 is 12.5 Å². The molecule has 3 aromatic heterocycles. The van der Waals surface area contributed by atoms with Gasteiger partial charge in [-0.1, -0.05) is 30.3 Å². The fourth-order valence-electron chi connectivity index (χ4n) is 2.76. The van der Waals surface area contributed by atoms with Gasteiger partial charge in [-0.05, 0) is 23.8 Å². The second-order valence-electron chi connectivity index (χ2n) is 5.65. The van der Waals surface area contributed by atoms with E-state index in [9.17, 15) is 14.7 Å². The molecule has 0 atom stereocenters. The first-order valence-corrected chi connectivity index (χ1v) is 8.67. The SMILES string of the molecule is O=C(O)Cn1c(-c2ccncc2)nc2sc(-c3ccccc3)cc2c1=O. The Morgan fingerprint density at radius 3 is 2.50 bits per heavy atom. The van der Waals surface area contributed by atoms with E-state index in [4.69, 9.17) is 0 Å². The van der Waals surface area contributed by atoms with Gasteiger partial charge in [-0.3, -0.25) is 19.1 Å². The second-order valence-corrected chi connectivity index (χ2v) is 6.68. The largest absolute Gasteiger partial charge is 0.480 e. The van der Waals surface area contributed by atoms with Gasteiger partial charge in [-0.2, -0.15) is 0 Å². The second kappa shape index (κ2) is 6.53. The average Bonchev–Trinajstić information content (AvgIpc) is 3.10. The van der Waals surface area contributed by atoms with Gasteiger partial charge in [0.25, 0.3) is 5.56 Å². The van der Waals surface area contributed by atoms with Crippen molar-refractivity contribution in [2.24, 2.45) is 0 Å². The van der Waals surface area contributed by atoms with Crippen molar-refractivity contribution in [3.05, 3.63) is 71.3 Å². The third-order valence-corrected chi connectivity index (χ3v) is 5.02. The summed E-state index contributed by atoms with van der Waals surface area (Å²) in [7, 11) is 0. The van der Waals surface area contributed by atoms with Gasteiger partial charge >= 0.3 is 5.97 Å². The third kappa shape index (κ3) is 2.89. The molecule has 26 heavy (non-hydrogen) atoms. The minimum absolute atomic E-state index is 0.328. The lowest BCUT2D eigenvalue weighted by molar-refractivity contribution is -0.137. The summed E-state index contributed by atoms with van der Waals surface area (Å²) in [5, 5.41) is 9.64. The molecule has 4 aromatic rings. The zero-order valence-electron chi connectivity index (χ0n) is 13.5. The smallest absolute Gasteiger partial charge is 0.323 e. The van der Waals surface area contributed by atoms with Crippen molar-refractivity contribution in [2.75, 3.05) is 0 Å². The number of carbonyl (C=O) groups is 1. The summed E-state index contributed by atoms with van der Waals surface area (Å²) in [6.45, 7) is -0.448. The van der Waals surface area contributed by atoms with Crippen molar-refractivity contribution in [3.8, 4) is 21.8 Å². The first kappa shape index (κ1) is 16.2. The number of hydrogen-bond donors (Lipinski definition) is 1. The number of thiophene rings is 1. The summed E-state index contributed by atoms with van der Waals surface area (Å²) in [6, 6.07) is 14.9. The average molecular weight is 363 g/mol. The molecule has 0 aliphatic rings. The van der Waals surface area contributed by atoms with Crippen LogP contribution in [0.1, 0.15) is 0 Å². The molecule has 1 N–H and O–H groups in total. The standard InChI is InChI=1S/C19H13N3O3S/c23-16(24)11-22-17(13-6-8-20-9-7-13)21-18-14(19(22)25)10-15(26-18)12-4-2-1-3-5-12/h1-10H,11H2,(H,23,24). The van der Waals surface area contributed by atoms with Gasteiger partial charge in [0.1, 0.15) is 17.2 Å². The fraction of sp³-hybridized carbons (Fsp3) is 0.0526. The van der Waals surface area contributed by atoms with Gasteiger partial charge in [-0.15, -0.1) is 11.3 Å². The van der Waals surface area contributed by atoms with Crippen LogP contribution in [0.15, 0.2) is 65.7 Å². The van der Waals surface area contributed by atoms with Crippen LogP contribution >= 0.6 is 11.3 Å². The first-order valence-electron chi connectivity index (χ1n) is 7.85. The number of carboxylic acid groups (broad SMARTS) is 1. The van der Waals surface area contributed by atoms with E-state index >= 15 is 0 Å². The van der Waals surface area contributed by atoms with E-state index in [1.54, 1.807) is 30.6 Å². The number of benzene rings is 1. The van der Waals surface area contributed by atoms with E-state index in [1.807, 2.05) is 30.3 Å². The van der Waals surface area contributed by atoms with E-state index in [2.05, 4.69) is 9.97 Å². The Bertz CT molecular complexity index is 1150. The maximum atomic E-state index is 13.0.